The van der Waals surface area contributed by atoms with E-state index in [1.54, 1.807) is 36.1 Å². The maximum Gasteiger partial charge on any atom is 0.290 e. The van der Waals surface area contributed by atoms with Crippen LogP contribution in [0.15, 0.2) is 24.3 Å². The van der Waals surface area contributed by atoms with Crippen LogP contribution in [-0.2, 0) is 22.2 Å². The fraction of sp³-hybridized carbons (Fsp3) is 0.500. The third-order valence-electron chi connectivity index (χ3n) is 5.77. The number of nitrogens with two attached hydrogens (primary N) is 1. The molecule has 3 atom stereocenters. The van der Waals surface area contributed by atoms with Gasteiger partial charge >= 0.3 is 0 Å². The van der Waals surface area contributed by atoms with Gasteiger partial charge in [0.25, 0.3) is 5.92 Å². The van der Waals surface area contributed by atoms with Crippen molar-refractivity contribution in [1.82, 2.24) is 9.97 Å². The standard InChI is InChI=1S/C20H23F3N4O2S/c1-11-15(21)9-27(11)19-25-17(14-7-8-20(22,23)18(14)26-19)13-5-3-12(4-6-13)16(24)10-30(2,28)29/h3-6,11,15-16H,7-10,24H2,1-2H3/t11-,15+,16-/m0/s1. The third kappa shape index (κ3) is 3.78. The van der Waals surface area contributed by atoms with Crippen LogP contribution in [0.25, 0.3) is 11.3 Å². The molecule has 1 aliphatic carbocycles. The molecule has 0 saturated carbocycles. The summed E-state index contributed by atoms with van der Waals surface area (Å²) in [7, 11) is -3.24. The maximum atomic E-state index is 14.4. The lowest BCUT2D eigenvalue weighted by atomic mass is 10.0. The molecule has 1 aliphatic heterocycles. The molecule has 1 fully saturated rings. The van der Waals surface area contributed by atoms with Crippen molar-refractivity contribution < 1.29 is 21.6 Å². The molecule has 30 heavy (non-hydrogen) atoms. The number of anilines is 1. The summed E-state index contributed by atoms with van der Waals surface area (Å²) in [6.45, 7) is 1.74. The van der Waals surface area contributed by atoms with Crippen LogP contribution in [0.2, 0.25) is 0 Å². The lowest BCUT2D eigenvalue weighted by Crippen LogP contribution is -2.57. The molecule has 0 spiro atoms. The Morgan fingerprint density at radius 1 is 1.27 bits per heavy atom. The summed E-state index contributed by atoms with van der Waals surface area (Å²) in [5.74, 6) is -3.14. The molecule has 1 aromatic heterocycles. The zero-order valence-corrected chi connectivity index (χ0v) is 17.5. The minimum absolute atomic E-state index is 0.0737. The Labute approximate surface area is 173 Å². The summed E-state index contributed by atoms with van der Waals surface area (Å²) in [4.78, 5) is 10.2. The van der Waals surface area contributed by atoms with Gasteiger partial charge in [-0.15, -0.1) is 0 Å². The Morgan fingerprint density at radius 3 is 2.50 bits per heavy atom. The van der Waals surface area contributed by atoms with E-state index in [9.17, 15) is 21.6 Å². The second-order valence-electron chi connectivity index (χ2n) is 8.13. The number of aromatic nitrogens is 2. The highest BCUT2D eigenvalue weighted by Crippen LogP contribution is 2.45. The van der Waals surface area contributed by atoms with E-state index in [1.807, 2.05) is 0 Å². The fourth-order valence-electron chi connectivity index (χ4n) is 3.92. The monoisotopic (exact) mass is 440 g/mol. The normalized spacial score (nSPS) is 23.7. The van der Waals surface area contributed by atoms with Gasteiger partial charge in [0, 0.05) is 29.8 Å². The van der Waals surface area contributed by atoms with E-state index in [0.29, 0.717) is 22.4 Å². The third-order valence-corrected chi connectivity index (χ3v) is 6.73. The van der Waals surface area contributed by atoms with E-state index in [1.165, 1.54) is 0 Å². The molecule has 0 radical (unpaired) electrons. The van der Waals surface area contributed by atoms with Crippen LogP contribution in [0.3, 0.4) is 0 Å². The average molecular weight is 440 g/mol. The van der Waals surface area contributed by atoms with E-state index in [-0.39, 0.29) is 36.8 Å². The number of hydrogen-bond acceptors (Lipinski definition) is 6. The van der Waals surface area contributed by atoms with Gasteiger partial charge in [0.15, 0.2) is 0 Å². The van der Waals surface area contributed by atoms with Crippen LogP contribution in [0.5, 0.6) is 0 Å². The van der Waals surface area contributed by atoms with Crippen LogP contribution in [0, 0.1) is 0 Å². The van der Waals surface area contributed by atoms with Gasteiger partial charge in [0.05, 0.1) is 24.0 Å². The first kappa shape index (κ1) is 21.0. The zero-order chi connectivity index (χ0) is 21.8. The lowest BCUT2D eigenvalue weighted by Gasteiger charge is -2.42. The lowest BCUT2D eigenvalue weighted by molar-refractivity contribution is -0.00598. The molecule has 162 valence electrons. The SMILES string of the molecule is C[C@H]1[C@H](F)CN1c1nc(-c2ccc([C@@H](N)CS(C)(=O)=O)cc2)c2c(n1)C(F)(F)CC2. The van der Waals surface area contributed by atoms with Gasteiger partial charge in [-0.1, -0.05) is 24.3 Å². The second-order valence-corrected chi connectivity index (χ2v) is 10.3. The van der Waals surface area contributed by atoms with E-state index in [4.69, 9.17) is 5.73 Å². The summed E-state index contributed by atoms with van der Waals surface area (Å²) in [5.41, 5.74) is 7.68. The molecule has 0 bridgehead atoms. The Balaban J connectivity index is 1.73. The van der Waals surface area contributed by atoms with Gasteiger partial charge in [-0.25, -0.2) is 22.8 Å². The molecule has 0 amide bonds. The Bertz CT molecular complexity index is 1080. The quantitative estimate of drug-likeness (QED) is 0.769. The zero-order valence-electron chi connectivity index (χ0n) is 16.6. The number of benzene rings is 1. The number of hydrogen-bond donors (Lipinski definition) is 1. The molecule has 1 aromatic carbocycles. The van der Waals surface area contributed by atoms with Gasteiger partial charge in [-0.2, -0.15) is 8.78 Å². The molecule has 2 aromatic rings. The molecule has 4 rings (SSSR count). The predicted molar refractivity (Wildman–Crippen MR) is 108 cm³/mol. The van der Waals surface area contributed by atoms with E-state index in [0.717, 1.165) is 6.26 Å². The topological polar surface area (TPSA) is 89.2 Å². The first-order valence-electron chi connectivity index (χ1n) is 9.70. The van der Waals surface area contributed by atoms with Crippen LogP contribution < -0.4 is 10.6 Å². The first-order valence-corrected chi connectivity index (χ1v) is 11.8. The van der Waals surface area contributed by atoms with Crippen LogP contribution in [-0.4, -0.2) is 49.2 Å². The highest BCUT2D eigenvalue weighted by Gasteiger charge is 2.45. The first-order chi connectivity index (χ1) is 14.0. The number of nitrogens with zero attached hydrogens (tertiary/aromatic N) is 3. The van der Waals surface area contributed by atoms with Gasteiger partial charge in [0.1, 0.15) is 21.7 Å². The molecule has 2 heterocycles. The molecule has 6 nitrogen and oxygen atoms in total. The summed E-state index contributed by atoms with van der Waals surface area (Å²) >= 11 is 0. The second kappa shape index (κ2) is 7.19. The minimum Gasteiger partial charge on any atom is -0.332 e. The largest absolute Gasteiger partial charge is 0.332 e. The van der Waals surface area contributed by atoms with E-state index in [2.05, 4.69) is 9.97 Å². The van der Waals surface area contributed by atoms with Gasteiger partial charge in [-0.05, 0) is 18.9 Å². The number of fused-ring (bicyclic) bond motifs is 1. The highest BCUT2D eigenvalue weighted by molar-refractivity contribution is 7.90. The van der Waals surface area contributed by atoms with Crippen molar-refractivity contribution >= 4 is 15.8 Å². The number of rotatable bonds is 5. The molecule has 10 heteroatoms. The van der Waals surface area contributed by atoms with Crippen LogP contribution >= 0.6 is 0 Å². The molecule has 2 aliphatic rings. The van der Waals surface area contributed by atoms with Crippen molar-refractivity contribution in [3.63, 3.8) is 0 Å². The van der Waals surface area contributed by atoms with Crippen molar-refractivity contribution in [3.05, 3.63) is 41.1 Å². The number of alkyl halides is 3. The molecule has 1 saturated heterocycles. The van der Waals surface area contributed by atoms with Crippen molar-refractivity contribution in [3.8, 4) is 11.3 Å². The number of halogens is 3. The van der Waals surface area contributed by atoms with Gasteiger partial charge in [-0.3, -0.25) is 0 Å². The summed E-state index contributed by atoms with van der Waals surface area (Å²) in [6, 6.07) is 5.58. The molecule has 2 N–H and O–H groups in total. The average Bonchev–Trinajstić information content (AvgIpc) is 2.98. The number of sulfone groups is 1. The Hall–Kier alpha value is -2.20. The Kier molecular flexibility index (Phi) is 5.05. The van der Waals surface area contributed by atoms with E-state index < -0.39 is 34.0 Å². The van der Waals surface area contributed by atoms with Crippen molar-refractivity contribution in [2.24, 2.45) is 5.73 Å². The fourth-order valence-corrected chi connectivity index (χ4v) is 4.76. The van der Waals surface area contributed by atoms with Gasteiger partial charge in [0.2, 0.25) is 5.95 Å². The van der Waals surface area contributed by atoms with Crippen LogP contribution in [0.4, 0.5) is 19.1 Å². The summed E-state index contributed by atoms with van der Waals surface area (Å²) < 4.78 is 65.5. The molecule has 0 unspecified atom stereocenters. The molecular formula is C20H23F3N4O2S. The molecular weight excluding hydrogens is 417 g/mol. The van der Waals surface area contributed by atoms with Gasteiger partial charge < -0.3 is 10.6 Å². The smallest absolute Gasteiger partial charge is 0.290 e. The summed E-state index contributed by atoms with van der Waals surface area (Å²) in [5, 5.41) is 0. The maximum absolute atomic E-state index is 14.4. The van der Waals surface area contributed by atoms with Crippen LogP contribution in [0.1, 0.15) is 36.2 Å². The van der Waals surface area contributed by atoms with E-state index >= 15 is 0 Å². The minimum atomic E-state index is -3.24. The summed E-state index contributed by atoms with van der Waals surface area (Å²) in [6.07, 6.45) is -0.117. The van der Waals surface area contributed by atoms with Crippen molar-refractivity contribution in [1.29, 1.82) is 0 Å². The highest BCUT2D eigenvalue weighted by atomic mass is 32.2. The van der Waals surface area contributed by atoms with Crippen molar-refractivity contribution in [2.45, 2.75) is 43.9 Å². The Morgan fingerprint density at radius 2 is 1.93 bits per heavy atom. The van der Waals surface area contributed by atoms with Crippen molar-refractivity contribution in [2.75, 3.05) is 23.5 Å². The predicted octanol–water partition coefficient (Wildman–Crippen LogP) is 2.77.